The largest absolute Gasteiger partial charge is 0.371 e. The molecule has 0 bridgehead atoms. The minimum absolute atomic E-state index is 0.0225. The van der Waals surface area contributed by atoms with Gasteiger partial charge < -0.3 is 10.6 Å². The molecule has 0 radical (unpaired) electrons. The molecule has 3 aromatic carbocycles. The van der Waals surface area contributed by atoms with Crippen molar-refractivity contribution in [1.29, 1.82) is 0 Å². The van der Waals surface area contributed by atoms with Gasteiger partial charge in [0.2, 0.25) is 5.91 Å². The van der Waals surface area contributed by atoms with Crippen molar-refractivity contribution in [2.24, 2.45) is 0 Å². The van der Waals surface area contributed by atoms with Gasteiger partial charge in [0.05, 0.1) is 0 Å². The van der Waals surface area contributed by atoms with Gasteiger partial charge in [0.15, 0.2) is 0 Å². The van der Waals surface area contributed by atoms with Crippen molar-refractivity contribution in [1.82, 2.24) is 0 Å². The van der Waals surface area contributed by atoms with E-state index < -0.39 is 5.54 Å². The Morgan fingerprint density at radius 3 is 1.74 bits per heavy atom. The number of nitrogens with one attached hydrogen (secondary N) is 2. The van der Waals surface area contributed by atoms with E-state index in [1.165, 1.54) is 38.5 Å². The summed E-state index contributed by atoms with van der Waals surface area (Å²) in [6, 6.07) is 30.3. The number of amides is 1. The van der Waals surface area contributed by atoms with E-state index in [1.54, 1.807) is 0 Å². The molecule has 0 spiro atoms. The van der Waals surface area contributed by atoms with Gasteiger partial charge in [-0.25, -0.2) is 0 Å². The summed E-state index contributed by atoms with van der Waals surface area (Å²) in [5, 5.41) is 6.86. The van der Waals surface area contributed by atoms with Gasteiger partial charge in [-0.3, -0.25) is 4.79 Å². The summed E-state index contributed by atoms with van der Waals surface area (Å²) in [4.78, 5) is 13.9. The van der Waals surface area contributed by atoms with Crippen molar-refractivity contribution >= 4 is 17.3 Å². The maximum Gasteiger partial charge on any atom is 0.250 e. The average Bonchev–Trinajstić information content (AvgIpc) is 2.87. The predicted molar refractivity (Wildman–Crippen MR) is 145 cm³/mol. The molecule has 3 heteroatoms. The van der Waals surface area contributed by atoms with Crippen molar-refractivity contribution in [2.45, 2.75) is 76.7 Å². The van der Waals surface area contributed by atoms with Crippen molar-refractivity contribution in [2.75, 3.05) is 10.6 Å². The van der Waals surface area contributed by atoms with Gasteiger partial charge in [0.25, 0.3) is 0 Å². The number of carbonyl (C=O) groups excluding carboxylic acids is 1. The fourth-order valence-corrected chi connectivity index (χ4v) is 4.52. The van der Waals surface area contributed by atoms with E-state index in [2.05, 4.69) is 29.7 Å². The second-order valence-electron chi connectivity index (χ2n) is 9.28. The number of anilines is 2. The molecule has 0 aliphatic rings. The summed E-state index contributed by atoms with van der Waals surface area (Å²) in [5.74, 6) is 0.0225. The van der Waals surface area contributed by atoms with E-state index in [4.69, 9.17) is 0 Å². The molecule has 180 valence electrons. The maximum absolute atomic E-state index is 13.9. The minimum atomic E-state index is -0.735. The summed E-state index contributed by atoms with van der Waals surface area (Å²) < 4.78 is 0. The molecule has 0 aromatic heterocycles. The molecule has 0 fully saturated rings. The first-order chi connectivity index (χ1) is 16.7. The van der Waals surface area contributed by atoms with Crippen LogP contribution in [-0.4, -0.2) is 11.4 Å². The Hall–Kier alpha value is -3.07. The monoisotopic (exact) mass is 456 g/mol. The van der Waals surface area contributed by atoms with Crippen molar-refractivity contribution in [3.63, 3.8) is 0 Å². The lowest BCUT2D eigenvalue weighted by molar-refractivity contribution is -0.120. The summed E-state index contributed by atoms with van der Waals surface area (Å²) in [7, 11) is 0. The minimum Gasteiger partial charge on any atom is -0.371 e. The molecular weight excluding hydrogens is 416 g/mol. The third-order valence-corrected chi connectivity index (χ3v) is 6.43. The van der Waals surface area contributed by atoms with E-state index in [1.807, 2.05) is 78.9 Å². The smallest absolute Gasteiger partial charge is 0.250 e. The molecule has 2 N–H and O–H groups in total. The third kappa shape index (κ3) is 8.37. The highest BCUT2D eigenvalue weighted by Gasteiger charge is 2.38. The lowest BCUT2D eigenvalue weighted by atomic mass is 9.83. The van der Waals surface area contributed by atoms with Gasteiger partial charge in [-0.15, -0.1) is 0 Å². The van der Waals surface area contributed by atoms with Crippen molar-refractivity contribution < 1.29 is 4.79 Å². The number of hydrogen-bond donors (Lipinski definition) is 2. The number of benzene rings is 3. The van der Waals surface area contributed by atoms with Gasteiger partial charge >= 0.3 is 0 Å². The Morgan fingerprint density at radius 2 is 1.15 bits per heavy atom. The summed E-state index contributed by atoms with van der Waals surface area (Å²) in [6.07, 6.45) is 11.4. The number of para-hydroxylation sites is 2. The Kier molecular flexibility index (Phi) is 10.7. The molecule has 0 aliphatic carbocycles. The summed E-state index contributed by atoms with van der Waals surface area (Å²) in [6.45, 7) is 2.26. The zero-order chi connectivity index (χ0) is 23.9. The molecule has 3 nitrogen and oxygen atoms in total. The Morgan fingerprint density at radius 1 is 0.647 bits per heavy atom. The maximum atomic E-state index is 13.9. The van der Waals surface area contributed by atoms with E-state index in [0.717, 1.165) is 36.2 Å². The highest BCUT2D eigenvalue weighted by atomic mass is 16.2. The van der Waals surface area contributed by atoms with Crippen LogP contribution in [0.3, 0.4) is 0 Å². The molecule has 3 aromatic rings. The first-order valence-electron chi connectivity index (χ1n) is 13.0. The van der Waals surface area contributed by atoms with Crippen LogP contribution in [0.4, 0.5) is 11.4 Å². The van der Waals surface area contributed by atoms with Crippen LogP contribution in [0.5, 0.6) is 0 Å². The highest BCUT2D eigenvalue weighted by molar-refractivity contribution is 6.00. The van der Waals surface area contributed by atoms with Crippen molar-refractivity contribution in [3.8, 4) is 0 Å². The molecule has 1 amide bonds. The normalized spacial score (nSPS) is 12.6. The molecule has 0 unspecified atom stereocenters. The highest BCUT2D eigenvalue weighted by Crippen LogP contribution is 2.28. The van der Waals surface area contributed by atoms with E-state index >= 15 is 0 Å². The number of unbranched alkanes of at least 4 members (excludes halogenated alkanes) is 7. The molecule has 0 heterocycles. The van der Waals surface area contributed by atoms with Gasteiger partial charge in [0.1, 0.15) is 5.54 Å². The predicted octanol–water partition coefficient (Wildman–Crippen LogP) is 8.25. The number of carbonyl (C=O) groups is 1. The molecular formula is C31H40N2O. The zero-order valence-corrected chi connectivity index (χ0v) is 20.6. The lowest BCUT2D eigenvalue weighted by Gasteiger charge is -2.35. The Bertz CT molecular complexity index is 899. The summed E-state index contributed by atoms with van der Waals surface area (Å²) in [5.41, 5.74) is 2.23. The quantitative estimate of drug-likeness (QED) is 0.226. The second-order valence-corrected chi connectivity index (χ2v) is 9.28. The zero-order valence-electron chi connectivity index (χ0n) is 20.6. The fourth-order valence-electron chi connectivity index (χ4n) is 4.52. The molecule has 0 saturated heterocycles. The first kappa shape index (κ1) is 25.6. The Labute approximate surface area is 206 Å². The molecule has 0 aliphatic heterocycles. The fraction of sp³-hybridized carbons (Fsp3) is 0.387. The standard InChI is InChI=1S/C31H40N2O/c1-2-3-4-5-6-7-8-18-25-31(26-27-19-12-9-13-20-27,33-29-23-16-11-17-24-29)30(34)32-28-21-14-10-15-22-28/h9-17,19-24,33H,2-8,18,25-26H2,1H3,(H,32,34)/t31-/m0/s1. The van der Waals surface area contributed by atoms with Crippen LogP contribution in [-0.2, 0) is 11.2 Å². The van der Waals surface area contributed by atoms with E-state index in [9.17, 15) is 4.79 Å². The number of rotatable bonds is 15. The molecule has 1 atom stereocenters. The molecule has 34 heavy (non-hydrogen) atoms. The van der Waals surface area contributed by atoms with Gasteiger partial charge in [-0.05, 0) is 36.2 Å². The van der Waals surface area contributed by atoms with Gasteiger partial charge in [-0.1, -0.05) is 125 Å². The average molecular weight is 457 g/mol. The van der Waals surface area contributed by atoms with Crippen LogP contribution in [0.15, 0.2) is 91.0 Å². The molecule has 0 saturated carbocycles. The SMILES string of the molecule is CCCCCCCCCC[C@@](Cc1ccccc1)(Nc1ccccc1)C(=O)Nc1ccccc1. The third-order valence-electron chi connectivity index (χ3n) is 6.43. The van der Waals surface area contributed by atoms with Crippen LogP contribution >= 0.6 is 0 Å². The van der Waals surface area contributed by atoms with Crippen LogP contribution in [0.2, 0.25) is 0 Å². The van der Waals surface area contributed by atoms with Crippen LogP contribution in [0.1, 0.15) is 70.3 Å². The summed E-state index contributed by atoms with van der Waals surface area (Å²) >= 11 is 0. The second kappa shape index (κ2) is 14.2. The van der Waals surface area contributed by atoms with Gasteiger partial charge in [0, 0.05) is 17.8 Å². The van der Waals surface area contributed by atoms with E-state index in [0.29, 0.717) is 6.42 Å². The van der Waals surface area contributed by atoms with E-state index in [-0.39, 0.29) is 5.91 Å². The Balaban J connectivity index is 1.78. The van der Waals surface area contributed by atoms with Crippen LogP contribution < -0.4 is 10.6 Å². The molecule has 3 rings (SSSR count). The van der Waals surface area contributed by atoms with Gasteiger partial charge in [-0.2, -0.15) is 0 Å². The van der Waals surface area contributed by atoms with Crippen molar-refractivity contribution in [3.05, 3.63) is 96.6 Å². The first-order valence-corrected chi connectivity index (χ1v) is 13.0. The van der Waals surface area contributed by atoms with Crippen LogP contribution in [0, 0.1) is 0 Å². The number of hydrogen-bond acceptors (Lipinski definition) is 2. The topological polar surface area (TPSA) is 41.1 Å². The lowest BCUT2D eigenvalue weighted by Crippen LogP contribution is -2.51. The van der Waals surface area contributed by atoms with Crippen LogP contribution in [0.25, 0.3) is 0 Å².